The highest BCUT2D eigenvalue weighted by Crippen LogP contribution is 2.36. The monoisotopic (exact) mass is 418 g/mol. The highest BCUT2D eigenvalue weighted by Gasteiger charge is 2.37. The Bertz CT molecular complexity index is 828. The summed E-state index contributed by atoms with van der Waals surface area (Å²) in [7, 11) is 0. The van der Waals surface area contributed by atoms with Crippen LogP contribution in [0.3, 0.4) is 0 Å². The largest absolute Gasteiger partial charge is 0.393 e. The van der Waals surface area contributed by atoms with E-state index in [0.717, 1.165) is 55.3 Å². The minimum absolute atomic E-state index is 0.0777. The molecule has 1 saturated heterocycles. The van der Waals surface area contributed by atoms with E-state index in [0.29, 0.717) is 16.5 Å². The van der Waals surface area contributed by atoms with E-state index in [1.807, 2.05) is 29.2 Å². The van der Waals surface area contributed by atoms with Crippen molar-refractivity contribution in [3.05, 3.63) is 52.3 Å². The van der Waals surface area contributed by atoms with Gasteiger partial charge in [-0.25, -0.2) is 0 Å². The van der Waals surface area contributed by atoms with Gasteiger partial charge in [0.25, 0.3) is 0 Å². The number of carbonyl (C=O) groups excluding carboxylic acids is 1. The number of amides is 1. The molecule has 2 aromatic rings. The van der Waals surface area contributed by atoms with Gasteiger partial charge in [-0.15, -0.1) is 0 Å². The van der Waals surface area contributed by atoms with E-state index >= 15 is 0 Å². The van der Waals surface area contributed by atoms with E-state index in [4.69, 9.17) is 23.2 Å². The van der Waals surface area contributed by atoms with Crippen LogP contribution in [0.5, 0.6) is 0 Å². The predicted octanol–water partition coefficient (Wildman–Crippen LogP) is 4.75. The van der Waals surface area contributed by atoms with Crippen LogP contribution < -0.4 is 0 Å². The lowest BCUT2D eigenvalue weighted by Gasteiger charge is -2.33. The molecule has 2 fully saturated rings. The minimum Gasteiger partial charge on any atom is -0.393 e. The van der Waals surface area contributed by atoms with Crippen LogP contribution in [-0.2, 0) is 11.2 Å². The second-order valence-electron chi connectivity index (χ2n) is 7.84. The first-order valence-corrected chi connectivity index (χ1v) is 10.7. The van der Waals surface area contributed by atoms with Gasteiger partial charge in [0.2, 0.25) is 5.91 Å². The number of pyridine rings is 1. The molecule has 2 heterocycles. The molecule has 1 aliphatic heterocycles. The van der Waals surface area contributed by atoms with Crippen molar-refractivity contribution in [2.75, 3.05) is 6.54 Å². The summed E-state index contributed by atoms with van der Waals surface area (Å²) in [6.45, 7) is 0.785. The minimum atomic E-state index is -0.208. The number of halogens is 2. The number of aliphatic hydroxyl groups is 1. The maximum Gasteiger partial charge on any atom is 0.226 e. The van der Waals surface area contributed by atoms with Crippen molar-refractivity contribution in [2.45, 2.75) is 50.7 Å². The molecule has 4 nitrogen and oxygen atoms in total. The second kappa shape index (κ2) is 8.40. The molecule has 4 rings (SSSR count). The zero-order valence-corrected chi connectivity index (χ0v) is 17.2. The number of rotatable bonds is 4. The van der Waals surface area contributed by atoms with E-state index in [2.05, 4.69) is 4.98 Å². The molecule has 148 valence electrons. The summed E-state index contributed by atoms with van der Waals surface area (Å²) < 4.78 is 0. The third-order valence-corrected chi connectivity index (χ3v) is 6.72. The van der Waals surface area contributed by atoms with Crippen LogP contribution in [0.1, 0.15) is 37.7 Å². The van der Waals surface area contributed by atoms with Gasteiger partial charge in [0, 0.05) is 46.5 Å². The topological polar surface area (TPSA) is 53.4 Å². The van der Waals surface area contributed by atoms with Gasteiger partial charge in [0.15, 0.2) is 0 Å². The number of hydrogen-bond donors (Lipinski definition) is 1. The highest BCUT2D eigenvalue weighted by molar-refractivity contribution is 6.36. The summed E-state index contributed by atoms with van der Waals surface area (Å²) in [5, 5.41) is 10.9. The van der Waals surface area contributed by atoms with E-state index in [9.17, 15) is 9.90 Å². The third kappa shape index (κ3) is 4.05. The van der Waals surface area contributed by atoms with Crippen molar-refractivity contribution >= 4 is 29.1 Å². The molecule has 1 N–H and O–H groups in total. The molecule has 1 aromatic carbocycles. The number of likely N-dealkylation sites (tertiary alicyclic amines) is 1. The SMILES string of the molecule is O=C1C(Cc2c(Cl)cc(-c3cccnc3)cc2Cl)CCN1[C@H]1CC[C@@H](O)CC1. The number of benzene rings is 1. The number of aliphatic hydroxyl groups excluding tert-OH is 1. The molecule has 2 aliphatic rings. The average Bonchev–Trinajstić information content (AvgIpc) is 3.06. The lowest BCUT2D eigenvalue weighted by atomic mass is 9.92. The Hall–Kier alpha value is -1.62. The van der Waals surface area contributed by atoms with Crippen molar-refractivity contribution in [1.82, 2.24) is 9.88 Å². The van der Waals surface area contributed by atoms with Crippen molar-refractivity contribution < 1.29 is 9.90 Å². The molecule has 0 spiro atoms. The summed E-state index contributed by atoms with van der Waals surface area (Å²) in [6, 6.07) is 7.91. The highest BCUT2D eigenvalue weighted by atomic mass is 35.5. The number of carbonyl (C=O) groups is 1. The van der Waals surface area contributed by atoms with Gasteiger partial charge in [-0.05, 0) is 67.9 Å². The maximum absolute atomic E-state index is 13.0. The average molecular weight is 419 g/mol. The van der Waals surface area contributed by atoms with Gasteiger partial charge in [-0.1, -0.05) is 29.3 Å². The van der Waals surface area contributed by atoms with Crippen molar-refractivity contribution in [3.8, 4) is 11.1 Å². The van der Waals surface area contributed by atoms with Crippen LogP contribution in [-0.4, -0.2) is 39.6 Å². The molecular formula is C22H24Cl2N2O2. The molecule has 0 bridgehead atoms. The molecule has 1 amide bonds. The molecule has 1 aromatic heterocycles. The van der Waals surface area contributed by atoms with Gasteiger partial charge in [0.1, 0.15) is 0 Å². The van der Waals surface area contributed by atoms with Gasteiger partial charge in [-0.2, -0.15) is 0 Å². The lowest BCUT2D eigenvalue weighted by molar-refractivity contribution is -0.133. The summed E-state index contributed by atoms with van der Waals surface area (Å²) in [4.78, 5) is 19.1. The Balaban J connectivity index is 1.48. The summed E-state index contributed by atoms with van der Waals surface area (Å²) >= 11 is 13.1. The van der Waals surface area contributed by atoms with Crippen LogP contribution in [0.15, 0.2) is 36.7 Å². The van der Waals surface area contributed by atoms with Gasteiger partial charge < -0.3 is 10.0 Å². The molecular weight excluding hydrogens is 395 g/mol. The van der Waals surface area contributed by atoms with Crippen LogP contribution in [0.2, 0.25) is 10.0 Å². The first-order chi connectivity index (χ1) is 13.5. The zero-order valence-electron chi connectivity index (χ0n) is 15.7. The van der Waals surface area contributed by atoms with E-state index in [1.165, 1.54) is 0 Å². The van der Waals surface area contributed by atoms with E-state index in [1.54, 1.807) is 12.4 Å². The Morgan fingerprint density at radius 1 is 1.07 bits per heavy atom. The fraction of sp³-hybridized carbons (Fsp3) is 0.455. The Labute approximate surface area is 175 Å². The van der Waals surface area contributed by atoms with Crippen molar-refractivity contribution in [2.24, 2.45) is 5.92 Å². The molecule has 0 radical (unpaired) electrons. The second-order valence-corrected chi connectivity index (χ2v) is 8.66. The first kappa shape index (κ1) is 19.7. The van der Waals surface area contributed by atoms with E-state index < -0.39 is 0 Å². The van der Waals surface area contributed by atoms with Crippen LogP contribution >= 0.6 is 23.2 Å². The Kier molecular flexibility index (Phi) is 5.91. The van der Waals surface area contributed by atoms with Gasteiger partial charge >= 0.3 is 0 Å². The predicted molar refractivity (Wildman–Crippen MR) is 111 cm³/mol. The summed E-state index contributed by atoms with van der Waals surface area (Å²) in [6.07, 6.45) is 8.04. The molecule has 1 aliphatic carbocycles. The molecule has 1 unspecified atom stereocenters. The lowest BCUT2D eigenvalue weighted by Crippen LogP contribution is -2.41. The first-order valence-electron chi connectivity index (χ1n) is 9.90. The van der Waals surface area contributed by atoms with Gasteiger partial charge in [-0.3, -0.25) is 9.78 Å². The van der Waals surface area contributed by atoms with Crippen molar-refractivity contribution in [1.29, 1.82) is 0 Å². The maximum atomic E-state index is 13.0. The van der Waals surface area contributed by atoms with Crippen LogP contribution in [0.4, 0.5) is 0 Å². The Morgan fingerprint density at radius 2 is 1.79 bits per heavy atom. The summed E-state index contributed by atoms with van der Waals surface area (Å²) in [5.74, 6) is 0.121. The molecule has 1 saturated carbocycles. The van der Waals surface area contributed by atoms with Crippen LogP contribution in [0.25, 0.3) is 11.1 Å². The smallest absolute Gasteiger partial charge is 0.226 e. The van der Waals surface area contributed by atoms with Crippen LogP contribution in [0, 0.1) is 5.92 Å². The zero-order chi connectivity index (χ0) is 19.7. The standard InChI is InChI=1S/C22H24Cl2N2O2/c23-20-11-16(15-2-1-8-25-13-15)12-21(24)19(20)10-14-7-9-26(22(14)28)17-3-5-18(27)6-4-17/h1-2,8,11-14,17-18,27H,3-7,9-10H2/t14?,17-,18+. The number of nitrogens with zero attached hydrogens (tertiary/aromatic N) is 2. The fourth-order valence-electron chi connectivity index (χ4n) is 4.43. The van der Waals surface area contributed by atoms with Crippen molar-refractivity contribution in [3.63, 3.8) is 0 Å². The quantitative estimate of drug-likeness (QED) is 0.778. The fourth-order valence-corrected chi connectivity index (χ4v) is 5.07. The normalized spacial score (nSPS) is 25.3. The van der Waals surface area contributed by atoms with Gasteiger partial charge in [0.05, 0.1) is 6.10 Å². The van der Waals surface area contributed by atoms with E-state index in [-0.39, 0.29) is 24.0 Å². The number of hydrogen-bond acceptors (Lipinski definition) is 3. The molecule has 28 heavy (non-hydrogen) atoms. The summed E-state index contributed by atoms with van der Waals surface area (Å²) in [5.41, 5.74) is 2.72. The molecule has 6 heteroatoms. The third-order valence-electron chi connectivity index (χ3n) is 6.04. The molecule has 1 atom stereocenters. The Morgan fingerprint density at radius 3 is 2.43 bits per heavy atom. The number of aromatic nitrogens is 1.